The van der Waals surface area contributed by atoms with Gasteiger partial charge < -0.3 is 14.4 Å². The second-order valence-corrected chi connectivity index (χ2v) is 11.0. The Morgan fingerprint density at radius 3 is 2.42 bits per heavy atom. The fraction of sp³-hybridized carbons (Fsp3) is 0.633. The molecule has 0 amide bonds. The first kappa shape index (κ1) is 30.5. The number of likely N-dealkylation sites (tertiary alicyclic amines) is 1. The summed E-state index contributed by atoms with van der Waals surface area (Å²) in [5, 5.41) is 0.473. The summed E-state index contributed by atoms with van der Waals surface area (Å²) < 4.78 is 92.1. The van der Waals surface area contributed by atoms with Crippen LogP contribution < -0.4 is 4.74 Å². The van der Waals surface area contributed by atoms with Gasteiger partial charge in [-0.15, -0.1) is 0 Å². The Kier molecular flexibility index (Phi) is 9.90. The Morgan fingerprint density at radius 2 is 1.75 bits per heavy atom. The average Bonchev–Trinajstić information content (AvgIpc) is 2.88. The molecule has 2 aliphatic rings. The Labute approximate surface area is 231 Å². The summed E-state index contributed by atoms with van der Waals surface area (Å²) >= 11 is 0. The van der Waals surface area contributed by atoms with Gasteiger partial charge in [0.25, 0.3) is 0 Å². The lowest BCUT2D eigenvalue weighted by atomic mass is 9.87. The van der Waals surface area contributed by atoms with Crippen molar-refractivity contribution in [2.24, 2.45) is 11.8 Å². The number of ether oxygens (including phenoxy) is 2. The van der Waals surface area contributed by atoms with Gasteiger partial charge in [0.1, 0.15) is 11.3 Å². The summed E-state index contributed by atoms with van der Waals surface area (Å²) in [6.45, 7) is 4.82. The second kappa shape index (κ2) is 13.0. The Hall–Kier alpha value is -2.49. The number of halogens is 6. The number of carbonyl (C=O) groups is 1. The predicted octanol–water partition coefficient (Wildman–Crippen LogP) is 7.96. The van der Waals surface area contributed by atoms with Crippen molar-refractivity contribution in [3.05, 3.63) is 41.5 Å². The molecule has 0 bridgehead atoms. The minimum Gasteiger partial charge on any atom is -0.490 e. The Bertz CT molecular complexity index is 1140. The zero-order chi connectivity index (χ0) is 28.9. The van der Waals surface area contributed by atoms with Gasteiger partial charge in [-0.2, -0.15) is 26.3 Å². The third-order valence-electron chi connectivity index (χ3n) is 8.06. The maximum atomic E-state index is 14.2. The van der Waals surface area contributed by atoms with Crippen molar-refractivity contribution in [3.8, 4) is 5.75 Å². The minimum atomic E-state index is -4.67. The molecule has 40 heavy (non-hydrogen) atoms. The Morgan fingerprint density at radius 1 is 1.00 bits per heavy atom. The van der Waals surface area contributed by atoms with Crippen LogP contribution in [-0.4, -0.2) is 49.4 Å². The van der Waals surface area contributed by atoms with Crippen molar-refractivity contribution >= 4 is 16.7 Å². The summed E-state index contributed by atoms with van der Waals surface area (Å²) in [5.41, 5.74) is 0.0512. The third-order valence-corrected chi connectivity index (χ3v) is 8.06. The van der Waals surface area contributed by atoms with E-state index < -0.39 is 29.9 Å². The van der Waals surface area contributed by atoms with E-state index in [9.17, 15) is 31.1 Å². The van der Waals surface area contributed by atoms with Crippen LogP contribution in [0.15, 0.2) is 30.3 Å². The molecule has 222 valence electrons. The number of carbonyl (C=O) groups excluding carboxylic acids is 1. The number of benzene rings is 2. The molecule has 0 radical (unpaired) electrons. The van der Waals surface area contributed by atoms with Gasteiger partial charge in [-0.05, 0) is 99.7 Å². The van der Waals surface area contributed by atoms with E-state index in [0.29, 0.717) is 24.8 Å². The van der Waals surface area contributed by atoms with Crippen LogP contribution in [0.5, 0.6) is 5.75 Å². The lowest BCUT2D eigenvalue weighted by molar-refractivity contribution is -0.185. The standard InChI is InChI=1S/C30H37F6NO3/c1-2-39-27(38)18-21-6-4-16-37(19-21)15-3-5-20-7-13-25-22(17-20)8-14-26(28(25)30(34,35)36)40-24-11-9-23(10-12-24)29(31,32)33/h7-8,13-14,17,21,23-24H,2-6,9-12,15-16,18-19H2,1H3. The first-order chi connectivity index (χ1) is 18.9. The minimum absolute atomic E-state index is 0.0237. The number of alkyl halides is 6. The topological polar surface area (TPSA) is 38.8 Å². The van der Waals surface area contributed by atoms with Crippen LogP contribution >= 0.6 is 0 Å². The van der Waals surface area contributed by atoms with Gasteiger partial charge in [-0.3, -0.25) is 4.79 Å². The first-order valence-corrected chi connectivity index (χ1v) is 14.2. The molecule has 2 aromatic carbocycles. The van der Waals surface area contributed by atoms with Gasteiger partial charge in [0.05, 0.1) is 18.6 Å². The summed E-state index contributed by atoms with van der Waals surface area (Å²) in [6, 6.07) is 7.83. The lowest BCUT2D eigenvalue weighted by Crippen LogP contribution is -2.37. The molecule has 1 aliphatic heterocycles. The van der Waals surface area contributed by atoms with E-state index in [1.165, 1.54) is 12.1 Å². The third kappa shape index (κ3) is 8.04. The molecule has 0 N–H and O–H groups in total. The molecule has 1 unspecified atom stereocenters. The molecular formula is C30H37F6NO3. The lowest BCUT2D eigenvalue weighted by Gasteiger charge is -2.32. The molecule has 10 heteroatoms. The smallest absolute Gasteiger partial charge is 0.420 e. The highest BCUT2D eigenvalue weighted by atomic mass is 19.4. The molecule has 1 aliphatic carbocycles. The van der Waals surface area contributed by atoms with E-state index in [-0.39, 0.29) is 48.7 Å². The van der Waals surface area contributed by atoms with Crippen LogP contribution in [0.3, 0.4) is 0 Å². The molecule has 0 spiro atoms. The van der Waals surface area contributed by atoms with Crippen molar-refractivity contribution in [2.75, 3.05) is 26.2 Å². The number of hydrogen-bond acceptors (Lipinski definition) is 4. The van der Waals surface area contributed by atoms with Crippen molar-refractivity contribution in [1.29, 1.82) is 0 Å². The van der Waals surface area contributed by atoms with Crippen LogP contribution in [0, 0.1) is 11.8 Å². The van der Waals surface area contributed by atoms with Crippen molar-refractivity contribution in [3.63, 3.8) is 0 Å². The van der Waals surface area contributed by atoms with Crippen LogP contribution in [0.25, 0.3) is 10.8 Å². The van der Waals surface area contributed by atoms with Crippen LogP contribution in [0.4, 0.5) is 26.3 Å². The van der Waals surface area contributed by atoms with Gasteiger partial charge in [-0.1, -0.05) is 24.3 Å². The monoisotopic (exact) mass is 573 g/mol. The summed E-state index contributed by atoms with van der Waals surface area (Å²) in [4.78, 5) is 14.2. The van der Waals surface area contributed by atoms with Crippen molar-refractivity contribution in [2.45, 2.75) is 83.2 Å². The van der Waals surface area contributed by atoms with E-state index >= 15 is 0 Å². The number of esters is 1. The number of rotatable bonds is 9. The van der Waals surface area contributed by atoms with Crippen LogP contribution in [0.1, 0.15) is 69.4 Å². The van der Waals surface area contributed by atoms with E-state index in [0.717, 1.165) is 44.5 Å². The molecule has 1 saturated carbocycles. The molecule has 4 nitrogen and oxygen atoms in total. The van der Waals surface area contributed by atoms with Crippen LogP contribution in [-0.2, 0) is 22.1 Å². The van der Waals surface area contributed by atoms with Crippen LogP contribution in [0.2, 0.25) is 0 Å². The van der Waals surface area contributed by atoms with Gasteiger partial charge in [0.2, 0.25) is 0 Å². The molecule has 2 aromatic rings. The zero-order valence-electron chi connectivity index (χ0n) is 22.8. The van der Waals surface area contributed by atoms with E-state index in [1.807, 2.05) is 0 Å². The largest absolute Gasteiger partial charge is 0.490 e. The average molecular weight is 574 g/mol. The summed E-state index contributed by atoms with van der Waals surface area (Å²) in [7, 11) is 0. The van der Waals surface area contributed by atoms with Gasteiger partial charge >= 0.3 is 18.3 Å². The predicted molar refractivity (Wildman–Crippen MR) is 140 cm³/mol. The molecule has 4 rings (SSSR count). The quantitative estimate of drug-likeness (QED) is 0.225. The zero-order valence-corrected chi connectivity index (χ0v) is 22.8. The number of fused-ring (bicyclic) bond motifs is 1. The SMILES string of the molecule is CCOC(=O)CC1CCCN(CCCc2ccc3c(C(F)(F)F)c(OC4CCC(C(F)(F)F)CC4)ccc3c2)C1. The molecular weight excluding hydrogens is 536 g/mol. The number of aryl methyl sites for hydroxylation is 1. The maximum Gasteiger partial charge on any atom is 0.420 e. The highest BCUT2D eigenvalue weighted by Gasteiger charge is 2.42. The second-order valence-electron chi connectivity index (χ2n) is 11.0. The number of nitrogens with zero attached hydrogens (tertiary/aromatic N) is 1. The van der Waals surface area contributed by atoms with Gasteiger partial charge in [0, 0.05) is 13.0 Å². The molecule has 2 fully saturated rings. The Balaban J connectivity index is 1.38. The summed E-state index contributed by atoms with van der Waals surface area (Å²) in [6.07, 6.45) is -5.79. The molecule has 1 atom stereocenters. The van der Waals surface area contributed by atoms with Crippen molar-refractivity contribution < 1.29 is 40.6 Å². The fourth-order valence-electron chi connectivity index (χ4n) is 6.08. The van der Waals surface area contributed by atoms with E-state index in [1.54, 1.807) is 25.1 Å². The summed E-state index contributed by atoms with van der Waals surface area (Å²) in [5.74, 6) is -1.63. The highest BCUT2D eigenvalue weighted by Crippen LogP contribution is 2.44. The first-order valence-electron chi connectivity index (χ1n) is 14.2. The fourth-order valence-corrected chi connectivity index (χ4v) is 6.08. The highest BCUT2D eigenvalue weighted by molar-refractivity contribution is 5.89. The molecule has 1 saturated heterocycles. The van der Waals surface area contributed by atoms with Gasteiger partial charge in [-0.25, -0.2) is 0 Å². The normalized spacial score (nSPS) is 22.8. The maximum absolute atomic E-state index is 14.2. The number of hydrogen-bond donors (Lipinski definition) is 0. The van der Waals surface area contributed by atoms with Gasteiger partial charge in [0.15, 0.2) is 0 Å². The molecule has 1 heterocycles. The van der Waals surface area contributed by atoms with E-state index in [2.05, 4.69) is 4.90 Å². The number of piperidine rings is 1. The van der Waals surface area contributed by atoms with E-state index in [4.69, 9.17) is 9.47 Å². The molecule has 0 aromatic heterocycles. The van der Waals surface area contributed by atoms with Crippen molar-refractivity contribution in [1.82, 2.24) is 4.90 Å².